The van der Waals surface area contributed by atoms with Crippen LogP contribution in [0.5, 0.6) is 0 Å². The molecule has 0 radical (unpaired) electrons. The molecule has 2 N–H and O–H groups in total. The zero-order chi connectivity index (χ0) is 17.6. The fourth-order valence-corrected chi connectivity index (χ4v) is 4.39. The number of piperidine rings is 3. The van der Waals surface area contributed by atoms with E-state index in [0.29, 0.717) is 18.2 Å². The predicted octanol–water partition coefficient (Wildman–Crippen LogP) is 2.50. The lowest BCUT2D eigenvalue weighted by Crippen LogP contribution is -2.55. The van der Waals surface area contributed by atoms with Crippen LogP contribution in [-0.2, 0) is 6.54 Å². The molecule has 134 valence electrons. The van der Waals surface area contributed by atoms with Crippen molar-refractivity contribution in [2.24, 2.45) is 5.92 Å². The molecule has 5 rings (SSSR count). The van der Waals surface area contributed by atoms with Gasteiger partial charge in [-0.15, -0.1) is 0 Å². The summed E-state index contributed by atoms with van der Waals surface area (Å²) in [6.07, 6.45) is 2.53. The first-order valence-corrected chi connectivity index (χ1v) is 9.23. The molecule has 2 aromatic rings. The average molecular weight is 342 g/mol. The van der Waals surface area contributed by atoms with Crippen molar-refractivity contribution >= 4 is 16.9 Å². The Morgan fingerprint density at radius 3 is 2.72 bits per heavy atom. The highest BCUT2D eigenvalue weighted by Gasteiger charge is 2.34. The SMILES string of the molecule is CC(C)n1nc(CN[C@H]2CN3CCC2CC3)c2c(C(=O)O)cccc21. The van der Waals surface area contributed by atoms with E-state index in [1.54, 1.807) is 12.1 Å². The van der Waals surface area contributed by atoms with Crippen molar-refractivity contribution in [2.45, 2.75) is 45.3 Å². The normalized spacial score (nSPS) is 25.8. The van der Waals surface area contributed by atoms with Gasteiger partial charge in [-0.05, 0) is 57.8 Å². The Kier molecular flexibility index (Phi) is 4.25. The molecule has 6 nitrogen and oxygen atoms in total. The molecule has 0 spiro atoms. The number of benzene rings is 1. The maximum Gasteiger partial charge on any atom is 0.336 e. The van der Waals surface area contributed by atoms with Crippen LogP contribution in [0.1, 0.15) is 48.8 Å². The summed E-state index contributed by atoms with van der Waals surface area (Å²) in [7, 11) is 0. The van der Waals surface area contributed by atoms with Crippen LogP contribution in [0.4, 0.5) is 0 Å². The van der Waals surface area contributed by atoms with E-state index in [1.165, 1.54) is 25.9 Å². The zero-order valence-corrected chi connectivity index (χ0v) is 14.9. The molecule has 0 saturated carbocycles. The smallest absolute Gasteiger partial charge is 0.336 e. The first-order valence-electron chi connectivity index (χ1n) is 9.23. The van der Waals surface area contributed by atoms with Crippen LogP contribution < -0.4 is 5.32 Å². The standard InChI is InChI=1S/C19H26N4O2/c1-12(2)23-17-5-3-4-14(19(24)25)18(17)15(21-23)10-20-16-11-22-8-6-13(16)7-9-22/h3-5,12-13,16,20H,6-11H2,1-2H3,(H,24,25)/t16-/m0/s1. The first-order chi connectivity index (χ1) is 12.0. The molecular weight excluding hydrogens is 316 g/mol. The molecule has 3 fully saturated rings. The van der Waals surface area contributed by atoms with Crippen molar-refractivity contribution in [3.8, 4) is 0 Å². The van der Waals surface area contributed by atoms with Crippen LogP contribution in [-0.4, -0.2) is 51.4 Å². The van der Waals surface area contributed by atoms with Gasteiger partial charge >= 0.3 is 5.97 Å². The van der Waals surface area contributed by atoms with Gasteiger partial charge in [-0.3, -0.25) is 4.68 Å². The van der Waals surface area contributed by atoms with Gasteiger partial charge in [0.05, 0.1) is 16.8 Å². The predicted molar refractivity (Wildman–Crippen MR) is 96.9 cm³/mol. The Bertz CT molecular complexity index is 790. The van der Waals surface area contributed by atoms with Gasteiger partial charge < -0.3 is 15.3 Å². The monoisotopic (exact) mass is 342 g/mol. The largest absolute Gasteiger partial charge is 0.478 e. The summed E-state index contributed by atoms with van der Waals surface area (Å²) in [5, 5.41) is 18.8. The topological polar surface area (TPSA) is 70.4 Å². The number of fused-ring (bicyclic) bond motifs is 4. The summed E-state index contributed by atoms with van der Waals surface area (Å²) >= 11 is 0. The van der Waals surface area contributed by atoms with Crippen molar-refractivity contribution < 1.29 is 9.90 Å². The van der Waals surface area contributed by atoms with Crippen molar-refractivity contribution in [1.82, 2.24) is 20.0 Å². The molecule has 3 aliphatic rings. The van der Waals surface area contributed by atoms with Gasteiger partial charge in [0, 0.05) is 30.6 Å². The number of hydrogen-bond acceptors (Lipinski definition) is 4. The number of carboxylic acids is 1. The number of carbonyl (C=O) groups is 1. The molecule has 0 unspecified atom stereocenters. The molecule has 4 heterocycles. The van der Waals surface area contributed by atoms with Crippen LogP contribution in [0, 0.1) is 5.92 Å². The fourth-order valence-electron chi connectivity index (χ4n) is 4.39. The van der Waals surface area contributed by atoms with Crippen molar-refractivity contribution in [2.75, 3.05) is 19.6 Å². The fraction of sp³-hybridized carbons (Fsp3) is 0.579. The number of hydrogen-bond donors (Lipinski definition) is 2. The minimum atomic E-state index is -0.891. The highest BCUT2D eigenvalue weighted by Crippen LogP contribution is 2.29. The number of aromatic nitrogens is 2. The van der Waals surface area contributed by atoms with Gasteiger partial charge in [0.1, 0.15) is 0 Å². The molecule has 1 aromatic carbocycles. The third-order valence-electron chi connectivity index (χ3n) is 5.71. The van der Waals surface area contributed by atoms with Crippen LogP contribution in [0.25, 0.3) is 10.9 Å². The van der Waals surface area contributed by atoms with E-state index in [2.05, 4.69) is 24.1 Å². The highest BCUT2D eigenvalue weighted by atomic mass is 16.4. The molecule has 0 amide bonds. The molecule has 3 saturated heterocycles. The number of nitrogens with one attached hydrogen (secondary N) is 1. The molecule has 2 bridgehead atoms. The van der Waals surface area contributed by atoms with E-state index in [-0.39, 0.29) is 6.04 Å². The molecule has 6 heteroatoms. The van der Waals surface area contributed by atoms with E-state index < -0.39 is 5.97 Å². The Labute approximate surface area is 147 Å². The lowest BCUT2D eigenvalue weighted by molar-refractivity contribution is 0.0698. The van der Waals surface area contributed by atoms with Gasteiger partial charge in [-0.25, -0.2) is 4.79 Å². The number of rotatable bonds is 5. The second kappa shape index (κ2) is 6.42. The van der Waals surface area contributed by atoms with Crippen molar-refractivity contribution in [1.29, 1.82) is 0 Å². The summed E-state index contributed by atoms with van der Waals surface area (Å²) in [5.41, 5.74) is 2.09. The highest BCUT2D eigenvalue weighted by molar-refractivity contribution is 6.03. The van der Waals surface area contributed by atoms with Gasteiger partial charge in [-0.2, -0.15) is 5.10 Å². The summed E-state index contributed by atoms with van der Waals surface area (Å²) < 4.78 is 1.94. The van der Waals surface area contributed by atoms with Gasteiger partial charge in [0.2, 0.25) is 0 Å². The van der Waals surface area contributed by atoms with Crippen LogP contribution in [0.15, 0.2) is 18.2 Å². The summed E-state index contributed by atoms with van der Waals surface area (Å²) in [5.74, 6) is -0.152. The minimum Gasteiger partial charge on any atom is -0.478 e. The van der Waals surface area contributed by atoms with Crippen molar-refractivity contribution in [3.05, 3.63) is 29.5 Å². The molecule has 3 aliphatic heterocycles. The third-order valence-corrected chi connectivity index (χ3v) is 5.71. The number of aromatic carboxylic acids is 1. The number of carboxylic acid groups (broad SMARTS) is 1. The van der Waals surface area contributed by atoms with E-state index in [0.717, 1.165) is 29.1 Å². The Balaban J connectivity index is 1.65. The van der Waals surface area contributed by atoms with Gasteiger partial charge in [0.15, 0.2) is 0 Å². The van der Waals surface area contributed by atoms with E-state index in [9.17, 15) is 9.90 Å². The van der Waals surface area contributed by atoms with E-state index in [1.807, 2.05) is 10.7 Å². The summed E-state index contributed by atoms with van der Waals surface area (Å²) in [6.45, 7) is 8.30. The van der Waals surface area contributed by atoms with E-state index in [4.69, 9.17) is 5.10 Å². The van der Waals surface area contributed by atoms with Crippen LogP contribution >= 0.6 is 0 Å². The Hall–Kier alpha value is -1.92. The lowest BCUT2D eigenvalue weighted by Gasteiger charge is -2.45. The first kappa shape index (κ1) is 16.5. The maximum absolute atomic E-state index is 11.7. The molecule has 1 aromatic heterocycles. The average Bonchev–Trinajstić information content (AvgIpc) is 3.00. The number of nitrogens with zero attached hydrogens (tertiary/aromatic N) is 3. The molecule has 1 atom stereocenters. The maximum atomic E-state index is 11.7. The second-order valence-corrected chi connectivity index (χ2v) is 7.62. The van der Waals surface area contributed by atoms with Gasteiger partial charge in [-0.1, -0.05) is 6.07 Å². The van der Waals surface area contributed by atoms with Crippen LogP contribution in [0.2, 0.25) is 0 Å². The zero-order valence-electron chi connectivity index (χ0n) is 14.9. The third kappa shape index (κ3) is 2.93. The van der Waals surface area contributed by atoms with Crippen molar-refractivity contribution in [3.63, 3.8) is 0 Å². The quantitative estimate of drug-likeness (QED) is 0.874. The van der Waals surface area contributed by atoms with E-state index >= 15 is 0 Å². The minimum absolute atomic E-state index is 0.192. The molecular formula is C19H26N4O2. The lowest BCUT2D eigenvalue weighted by atomic mass is 9.84. The Morgan fingerprint density at radius 1 is 1.36 bits per heavy atom. The molecule has 0 aliphatic carbocycles. The molecule has 25 heavy (non-hydrogen) atoms. The Morgan fingerprint density at radius 2 is 2.12 bits per heavy atom. The van der Waals surface area contributed by atoms with Crippen LogP contribution in [0.3, 0.4) is 0 Å². The summed E-state index contributed by atoms with van der Waals surface area (Å²) in [4.78, 5) is 14.2. The van der Waals surface area contributed by atoms with Gasteiger partial charge in [0.25, 0.3) is 0 Å². The second-order valence-electron chi connectivity index (χ2n) is 7.62. The summed E-state index contributed by atoms with van der Waals surface area (Å²) in [6, 6.07) is 6.12.